The molecule has 1 aromatic carbocycles. The molecule has 6 heteroatoms. The average molecular weight is 405 g/mol. The lowest BCUT2D eigenvalue weighted by atomic mass is 9.91. The highest BCUT2D eigenvalue weighted by Crippen LogP contribution is 2.44. The molecule has 1 saturated carbocycles. The number of likely N-dealkylation sites (tertiary alicyclic amines) is 1. The van der Waals surface area contributed by atoms with Crippen molar-refractivity contribution < 1.29 is 0 Å². The fraction of sp³-hybridized carbons (Fsp3) is 0.542. The second-order valence-electron chi connectivity index (χ2n) is 9.56. The average Bonchev–Trinajstić information content (AvgIpc) is 3.36. The summed E-state index contributed by atoms with van der Waals surface area (Å²) >= 11 is 0. The molecule has 30 heavy (non-hydrogen) atoms. The quantitative estimate of drug-likeness (QED) is 0.667. The van der Waals surface area contributed by atoms with Crippen LogP contribution in [0, 0.1) is 17.8 Å². The third-order valence-corrected chi connectivity index (χ3v) is 6.77. The first-order valence-electron chi connectivity index (χ1n) is 11.3. The molecular weight excluding hydrogens is 372 g/mol. The van der Waals surface area contributed by atoms with E-state index in [9.17, 15) is 0 Å². The van der Waals surface area contributed by atoms with E-state index in [4.69, 9.17) is 0 Å². The van der Waals surface area contributed by atoms with Crippen LogP contribution in [0.2, 0.25) is 0 Å². The van der Waals surface area contributed by atoms with Crippen LogP contribution in [0.15, 0.2) is 36.7 Å². The van der Waals surface area contributed by atoms with Crippen LogP contribution in [0.1, 0.15) is 33.1 Å². The largest absolute Gasteiger partial charge is 0.367 e. The van der Waals surface area contributed by atoms with Crippen molar-refractivity contribution in [3.8, 4) is 11.3 Å². The number of rotatable bonds is 6. The molecule has 3 aromatic rings. The molecule has 2 atom stereocenters. The van der Waals surface area contributed by atoms with E-state index in [2.05, 4.69) is 63.6 Å². The molecule has 5 rings (SSSR count). The van der Waals surface area contributed by atoms with Gasteiger partial charge in [0.15, 0.2) is 0 Å². The van der Waals surface area contributed by atoms with Gasteiger partial charge in [0.2, 0.25) is 0 Å². The third kappa shape index (κ3) is 4.06. The van der Waals surface area contributed by atoms with Crippen LogP contribution in [0.5, 0.6) is 0 Å². The van der Waals surface area contributed by atoms with Crippen molar-refractivity contribution in [2.45, 2.75) is 39.2 Å². The Bertz CT molecular complexity index is 1020. The summed E-state index contributed by atoms with van der Waals surface area (Å²) in [6.07, 6.45) is 7.77. The highest BCUT2D eigenvalue weighted by molar-refractivity contribution is 5.88. The number of aryl methyl sites for hydroxylation is 1. The van der Waals surface area contributed by atoms with Crippen molar-refractivity contribution in [2.75, 3.05) is 25.0 Å². The fourth-order valence-electron chi connectivity index (χ4n) is 5.10. The molecule has 0 spiro atoms. The van der Waals surface area contributed by atoms with Crippen LogP contribution in [-0.4, -0.2) is 50.6 Å². The van der Waals surface area contributed by atoms with Gasteiger partial charge >= 0.3 is 0 Å². The lowest BCUT2D eigenvalue weighted by molar-refractivity contribution is 0.157. The summed E-state index contributed by atoms with van der Waals surface area (Å²) in [5.41, 5.74) is 2.15. The number of benzene rings is 1. The normalized spacial score (nSPS) is 22.7. The van der Waals surface area contributed by atoms with Crippen molar-refractivity contribution in [3.63, 3.8) is 0 Å². The summed E-state index contributed by atoms with van der Waals surface area (Å²) in [6, 6.07) is 9.21. The standard InChI is InChI=1S/C24H32N6/c1-16(2)15-30-8-6-17(7-9-30)21-12-22(21)27-24-11-20-10-18(4-5-19(20)13-25-24)23-14-26-28-29(23)3/h4-5,10-11,13-14,16-17,21-22H,6-9,12,15H2,1-3H3,(H,25,27). The molecule has 0 bridgehead atoms. The van der Waals surface area contributed by atoms with E-state index >= 15 is 0 Å². The van der Waals surface area contributed by atoms with Crippen LogP contribution in [0.3, 0.4) is 0 Å². The molecule has 1 aliphatic carbocycles. The first-order valence-corrected chi connectivity index (χ1v) is 11.3. The molecule has 6 nitrogen and oxygen atoms in total. The number of aromatic nitrogens is 4. The van der Waals surface area contributed by atoms with Crippen LogP contribution >= 0.6 is 0 Å². The first kappa shape index (κ1) is 19.5. The second-order valence-corrected chi connectivity index (χ2v) is 9.56. The molecule has 0 radical (unpaired) electrons. The number of nitrogens with one attached hydrogen (secondary N) is 1. The highest BCUT2D eigenvalue weighted by Gasteiger charge is 2.43. The van der Waals surface area contributed by atoms with Gasteiger partial charge in [-0.05, 0) is 67.6 Å². The smallest absolute Gasteiger partial charge is 0.126 e. The second kappa shape index (κ2) is 7.99. The van der Waals surface area contributed by atoms with Crippen LogP contribution in [-0.2, 0) is 7.05 Å². The number of nitrogens with zero attached hydrogens (tertiary/aromatic N) is 5. The highest BCUT2D eigenvalue weighted by atomic mass is 15.4. The molecule has 158 valence electrons. The van der Waals surface area contributed by atoms with Crippen molar-refractivity contribution >= 4 is 16.6 Å². The number of hydrogen-bond acceptors (Lipinski definition) is 5. The van der Waals surface area contributed by atoms with Gasteiger partial charge in [-0.25, -0.2) is 9.67 Å². The number of fused-ring (bicyclic) bond motifs is 1. The number of pyridine rings is 1. The van der Waals surface area contributed by atoms with Gasteiger partial charge in [-0.15, -0.1) is 5.10 Å². The Morgan fingerprint density at radius 3 is 2.67 bits per heavy atom. The monoisotopic (exact) mass is 404 g/mol. The van der Waals surface area contributed by atoms with Crippen LogP contribution < -0.4 is 5.32 Å². The van der Waals surface area contributed by atoms with Gasteiger partial charge in [0, 0.05) is 36.8 Å². The van der Waals surface area contributed by atoms with Gasteiger partial charge in [-0.3, -0.25) is 0 Å². The summed E-state index contributed by atoms with van der Waals surface area (Å²) in [7, 11) is 1.92. The summed E-state index contributed by atoms with van der Waals surface area (Å²) < 4.78 is 1.81. The SMILES string of the molecule is CC(C)CN1CCC(C2CC2Nc2cc3cc(-c4cnnn4C)ccc3cn2)CC1. The van der Waals surface area contributed by atoms with Crippen LogP contribution in [0.4, 0.5) is 5.82 Å². The minimum atomic E-state index is 0.584. The molecule has 2 fully saturated rings. The van der Waals surface area contributed by atoms with E-state index in [0.717, 1.165) is 40.2 Å². The maximum absolute atomic E-state index is 4.67. The molecule has 2 aliphatic rings. The van der Waals surface area contributed by atoms with Gasteiger partial charge in [0.05, 0.1) is 11.9 Å². The molecule has 3 heterocycles. The van der Waals surface area contributed by atoms with E-state index in [0.29, 0.717) is 6.04 Å². The molecular formula is C24H32N6. The molecule has 1 saturated heterocycles. The third-order valence-electron chi connectivity index (χ3n) is 6.77. The van der Waals surface area contributed by atoms with Crippen molar-refractivity contribution in [1.29, 1.82) is 0 Å². The van der Waals surface area contributed by atoms with E-state index in [1.165, 1.54) is 44.3 Å². The molecule has 1 aliphatic heterocycles. The Labute approximate surface area is 178 Å². The summed E-state index contributed by atoms with van der Waals surface area (Å²) in [5, 5.41) is 14.1. The van der Waals surface area contributed by atoms with E-state index in [1.807, 2.05) is 24.1 Å². The van der Waals surface area contributed by atoms with Crippen molar-refractivity contribution in [2.24, 2.45) is 24.8 Å². The van der Waals surface area contributed by atoms with Gasteiger partial charge < -0.3 is 10.2 Å². The molecule has 0 amide bonds. The topological polar surface area (TPSA) is 58.9 Å². The Kier molecular flexibility index (Phi) is 5.19. The lowest BCUT2D eigenvalue weighted by Crippen LogP contribution is -2.37. The minimum absolute atomic E-state index is 0.584. The Morgan fingerprint density at radius 1 is 1.10 bits per heavy atom. The predicted molar refractivity (Wildman–Crippen MR) is 121 cm³/mol. The molecule has 2 unspecified atom stereocenters. The zero-order valence-electron chi connectivity index (χ0n) is 18.3. The van der Waals surface area contributed by atoms with Gasteiger partial charge in [0.1, 0.15) is 5.82 Å². The Morgan fingerprint density at radius 2 is 1.93 bits per heavy atom. The summed E-state index contributed by atoms with van der Waals surface area (Å²) in [5.74, 6) is 3.45. The van der Waals surface area contributed by atoms with E-state index in [1.54, 1.807) is 0 Å². The first-order chi connectivity index (χ1) is 14.6. The summed E-state index contributed by atoms with van der Waals surface area (Å²) in [4.78, 5) is 7.32. The van der Waals surface area contributed by atoms with Gasteiger partial charge in [-0.1, -0.05) is 31.2 Å². The van der Waals surface area contributed by atoms with E-state index < -0.39 is 0 Å². The number of anilines is 1. The molecule has 1 N–H and O–H groups in total. The fourth-order valence-corrected chi connectivity index (χ4v) is 5.10. The van der Waals surface area contributed by atoms with Gasteiger partial charge in [0.25, 0.3) is 0 Å². The predicted octanol–water partition coefficient (Wildman–Crippen LogP) is 4.20. The maximum atomic E-state index is 4.67. The zero-order chi connectivity index (χ0) is 20.7. The van der Waals surface area contributed by atoms with Crippen molar-refractivity contribution in [3.05, 3.63) is 36.7 Å². The lowest BCUT2D eigenvalue weighted by Gasteiger charge is -2.33. The number of hydrogen-bond donors (Lipinski definition) is 1. The zero-order valence-corrected chi connectivity index (χ0v) is 18.3. The Hall–Kier alpha value is -2.47. The Balaban J connectivity index is 1.23. The number of piperidine rings is 1. The van der Waals surface area contributed by atoms with Crippen LogP contribution in [0.25, 0.3) is 22.0 Å². The molecule has 2 aromatic heterocycles. The van der Waals surface area contributed by atoms with Gasteiger partial charge in [-0.2, -0.15) is 0 Å². The summed E-state index contributed by atoms with van der Waals surface area (Å²) in [6.45, 7) is 8.43. The van der Waals surface area contributed by atoms with Crippen molar-refractivity contribution in [1.82, 2.24) is 24.9 Å². The maximum Gasteiger partial charge on any atom is 0.126 e. The van der Waals surface area contributed by atoms with E-state index in [-0.39, 0.29) is 0 Å². The minimum Gasteiger partial charge on any atom is -0.367 e.